The average Bonchev–Trinajstić information content (AvgIpc) is 2.75. The maximum atomic E-state index is 14.3. The number of nitrogens with zero attached hydrogens (tertiary/aromatic N) is 1. The number of pyridine rings is 1. The van der Waals surface area contributed by atoms with Gasteiger partial charge in [-0.25, -0.2) is 9.37 Å². The number of fused-ring (bicyclic) bond motifs is 1. The van der Waals surface area contributed by atoms with Crippen molar-refractivity contribution in [1.29, 1.82) is 0 Å². The molecule has 1 aromatic heterocycles. The van der Waals surface area contributed by atoms with E-state index in [1.165, 1.54) is 12.1 Å². The summed E-state index contributed by atoms with van der Waals surface area (Å²) in [5, 5.41) is 3.41. The quantitative estimate of drug-likeness (QED) is 0.381. The molecule has 0 unspecified atom stereocenters. The fourth-order valence-electron chi connectivity index (χ4n) is 3.41. The first-order valence-electron chi connectivity index (χ1n) is 9.28. The summed E-state index contributed by atoms with van der Waals surface area (Å²) in [4.78, 5) is 18.0. The number of nitrogens with one attached hydrogen (secondary N) is 1. The summed E-state index contributed by atoms with van der Waals surface area (Å²) in [6.07, 6.45) is 0. The number of carbonyl (C=O) groups excluding carboxylic acids is 1. The summed E-state index contributed by atoms with van der Waals surface area (Å²) < 4.78 is 20.1. The maximum absolute atomic E-state index is 14.3. The summed E-state index contributed by atoms with van der Waals surface area (Å²) in [7, 11) is 1.61. The fourth-order valence-corrected chi connectivity index (χ4v) is 3.74. The summed E-state index contributed by atoms with van der Waals surface area (Å²) in [6.45, 7) is 1.85. The van der Waals surface area contributed by atoms with Gasteiger partial charge < -0.3 is 10.1 Å². The van der Waals surface area contributed by atoms with Crippen LogP contribution in [0, 0.1) is 12.7 Å². The smallest absolute Gasteiger partial charge is 0.256 e. The molecule has 4 aromatic rings. The predicted octanol–water partition coefficient (Wildman–Crippen LogP) is 6.37. The van der Waals surface area contributed by atoms with E-state index < -0.39 is 5.82 Å². The lowest BCUT2D eigenvalue weighted by molar-refractivity contribution is 0.102. The first-order valence-corrected chi connectivity index (χ1v) is 10.1. The van der Waals surface area contributed by atoms with E-state index in [0.717, 1.165) is 11.3 Å². The van der Waals surface area contributed by atoms with Crippen LogP contribution in [-0.4, -0.2) is 18.0 Å². The molecule has 30 heavy (non-hydrogen) atoms. The standard InChI is InChI=1S/C24H18BrFN2O2/c1-14-22(24(29)28-21-12-9-16(25)13-19(21)26)18-5-3-4-6-20(18)27-23(14)15-7-10-17(30-2)11-8-15/h3-13H,1-2H3,(H,28,29). The Morgan fingerprint density at radius 1 is 1.07 bits per heavy atom. The third kappa shape index (κ3) is 3.78. The average molecular weight is 465 g/mol. The van der Waals surface area contributed by atoms with Gasteiger partial charge >= 0.3 is 0 Å². The van der Waals surface area contributed by atoms with E-state index in [2.05, 4.69) is 21.2 Å². The Labute approximate surface area is 181 Å². The number of benzene rings is 3. The zero-order valence-corrected chi connectivity index (χ0v) is 18.0. The minimum absolute atomic E-state index is 0.120. The minimum atomic E-state index is -0.510. The van der Waals surface area contributed by atoms with E-state index in [4.69, 9.17) is 9.72 Å². The van der Waals surface area contributed by atoms with Crippen LogP contribution in [0.1, 0.15) is 15.9 Å². The molecule has 4 rings (SSSR count). The van der Waals surface area contributed by atoms with Crippen LogP contribution in [-0.2, 0) is 0 Å². The van der Waals surface area contributed by atoms with Crippen LogP contribution < -0.4 is 10.1 Å². The SMILES string of the molecule is COc1ccc(-c2nc3ccccc3c(C(=O)Nc3ccc(Br)cc3F)c2C)cc1. The highest BCUT2D eigenvalue weighted by atomic mass is 79.9. The molecule has 150 valence electrons. The summed E-state index contributed by atoms with van der Waals surface area (Å²) in [5.74, 6) is -0.160. The van der Waals surface area contributed by atoms with E-state index in [1.807, 2.05) is 55.5 Å². The second-order valence-corrected chi connectivity index (χ2v) is 7.70. The molecular formula is C24H18BrFN2O2. The Bertz CT molecular complexity index is 1260. The third-order valence-electron chi connectivity index (χ3n) is 4.91. The van der Waals surface area contributed by atoms with Crippen LogP contribution in [0.25, 0.3) is 22.2 Å². The lowest BCUT2D eigenvalue weighted by Gasteiger charge is -2.15. The molecule has 0 atom stereocenters. The van der Waals surface area contributed by atoms with Crippen molar-refractivity contribution >= 4 is 38.4 Å². The first-order chi connectivity index (χ1) is 14.5. The van der Waals surface area contributed by atoms with Gasteiger partial charge in [0, 0.05) is 15.4 Å². The van der Waals surface area contributed by atoms with Crippen molar-refractivity contribution in [2.24, 2.45) is 0 Å². The number of ether oxygens (including phenoxy) is 1. The highest BCUT2D eigenvalue weighted by Gasteiger charge is 2.20. The Morgan fingerprint density at radius 3 is 2.50 bits per heavy atom. The molecule has 0 aliphatic carbocycles. The number of rotatable bonds is 4. The number of hydrogen-bond donors (Lipinski definition) is 1. The van der Waals surface area contributed by atoms with Crippen LogP contribution in [0.3, 0.4) is 0 Å². The van der Waals surface area contributed by atoms with Gasteiger partial charge in [0.05, 0.1) is 29.6 Å². The van der Waals surface area contributed by atoms with Gasteiger partial charge in [-0.2, -0.15) is 0 Å². The maximum Gasteiger partial charge on any atom is 0.256 e. The van der Waals surface area contributed by atoms with Gasteiger partial charge in [-0.05, 0) is 61.0 Å². The Hall–Kier alpha value is -3.25. The largest absolute Gasteiger partial charge is 0.497 e. The fraction of sp³-hybridized carbons (Fsp3) is 0.0833. The molecule has 0 aliphatic heterocycles. The van der Waals surface area contributed by atoms with Gasteiger partial charge in [0.25, 0.3) is 5.91 Å². The van der Waals surface area contributed by atoms with Gasteiger partial charge in [-0.3, -0.25) is 4.79 Å². The van der Waals surface area contributed by atoms with Crippen LogP contribution in [0.2, 0.25) is 0 Å². The topological polar surface area (TPSA) is 51.2 Å². The van der Waals surface area contributed by atoms with Gasteiger partial charge in [0.15, 0.2) is 0 Å². The molecule has 0 saturated heterocycles. The molecule has 0 saturated carbocycles. The van der Waals surface area contributed by atoms with Crippen LogP contribution >= 0.6 is 15.9 Å². The highest BCUT2D eigenvalue weighted by molar-refractivity contribution is 9.10. The number of para-hydroxylation sites is 1. The molecule has 1 N–H and O–H groups in total. The van der Waals surface area contributed by atoms with Gasteiger partial charge in [-0.1, -0.05) is 34.1 Å². The van der Waals surface area contributed by atoms with E-state index in [1.54, 1.807) is 13.2 Å². The second kappa shape index (κ2) is 8.24. The molecule has 0 spiro atoms. The third-order valence-corrected chi connectivity index (χ3v) is 5.40. The number of hydrogen-bond acceptors (Lipinski definition) is 3. The molecule has 0 radical (unpaired) electrons. The van der Waals surface area contributed by atoms with E-state index in [9.17, 15) is 9.18 Å². The van der Waals surface area contributed by atoms with Gasteiger partial charge in [0.2, 0.25) is 0 Å². The van der Waals surface area contributed by atoms with Crippen molar-refractivity contribution in [1.82, 2.24) is 4.98 Å². The number of carbonyl (C=O) groups is 1. The van der Waals surface area contributed by atoms with E-state index in [0.29, 0.717) is 32.2 Å². The molecule has 6 heteroatoms. The molecule has 0 aliphatic rings. The summed E-state index contributed by atoms with van der Waals surface area (Å²) in [5.41, 5.74) is 3.55. The molecule has 4 nitrogen and oxygen atoms in total. The summed E-state index contributed by atoms with van der Waals surface area (Å²) in [6, 6.07) is 19.5. The monoisotopic (exact) mass is 464 g/mol. The van der Waals surface area contributed by atoms with Crippen molar-refractivity contribution in [2.75, 3.05) is 12.4 Å². The number of aromatic nitrogens is 1. The normalized spacial score (nSPS) is 10.8. The Balaban J connectivity index is 1.85. The molecule has 0 bridgehead atoms. The van der Waals surface area contributed by atoms with Crippen molar-refractivity contribution in [3.63, 3.8) is 0 Å². The van der Waals surface area contributed by atoms with Crippen LogP contribution in [0.15, 0.2) is 71.2 Å². The van der Waals surface area contributed by atoms with Gasteiger partial charge in [0.1, 0.15) is 11.6 Å². The second-order valence-electron chi connectivity index (χ2n) is 6.78. The molecule has 1 amide bonds. The van der Waals surface area contributed by atoms with Crippen molar-refractivity contribution in [2.45, 2.75) is 6.92 Å². The first kappa shape index (κ1) is 20.0. The molecule has 3 aromatic carbocycles. The number of anilines is 1. The molecule has 1 heterocycles. The zero-order chi connectivity index (χ0) is 21.3. The minimum Gasteiger partial charge on any atom is -0.497 e. The van der Waals surface area contributed by atoms with E-state index in [-0.39, 0.29) is 11.6 Å². The number of halogens is 2. The zero-order valence-electron chi connectivity index (χ0n) is 16.4. The van der Waals surface area contributed by atoms with Crippen LogP contribution in [0.5, 0.6) is 5.75 Å². The lowest BCUT2D eigenvalue weighted by Crippen LogP contribution is -2.16. The predicted molar refractivity (Wildman–Crippen MR) is 121 cm³/mol. The number of methoxy groups -OCH3 is 1. The lowest BCUT2D eigenvalue weighted by atomic mass is 9.97. The highest BCUT2D eigenvalue weighted by Crippen LogP contribution is 2.31. The van der Waals surface area contributed by atoms with Crippen molar-refractivity contribution < 1.29 is 13.9 Å². The number of amides is 1. The van der Waals surface area contributed by atoms with Gasteiger partial charge in [-0.15, -0.1) is 0 Å². The molecular weight excluding hydrogens is 447 g/mol. The van der Waals surface area contributed by atoms with Crippen molar-refractivity contribution in [3.05, 3.63) is 88.1 Å². The molecule has 0 fully saturated rings. The van der Waals surface area contributed by atoms with Crippen LogP contribution in [0.4, 0.5) is 10.1 Å². The summed E-state index contributed by atoms with van der Waals surface area (Å²) >= 11 is 3.23. The Morgan fingerprint density at radius 2 is 1.80 bits per heavy atom. The van der Waals surface area contributed by atoms with Crippen molar-refractivity contribution in [3.8, 4) is 17.0 Å². The Kier molecular flexibility index (Phi) is 5.50. The van der Waals surface area contributed by atoms with E-state index >= 15 is 0 Å².